The number of carbonyl (C=O) groups is 1. The maximum Gasteiger partial charge on any atom is 0.254 e. The molecule has 0 N–H and O–H groups in total. The SMILES string of the molecule is Cc1ccc(N2CCC3(CCN(C(=O)c4ccsc4)CC3)CC2)nn1. The Hall–Kier alpha value is -1.95. The van der Waals surface area contributed by atoms with Gasteiger partial charge in [0.05, 0.1) is 11.3 Å². The molecule has 2 saturated heterocycles. The van der Waals surface area contributed by atoms with Crippen molar-refractivity contribution in [3.63, 3.8) is 0 Å². The first-order chi connectivity index (χ1) is 12.2. The number of aryl methyl sites for hydroxylation is 1. The minimum absolute atomic E-state index is 0.198. The zero-order valence-corrected chi connectivity index (χ0v) is 15.5. The second-order valence-electron chi connectivity index (χ2n) is 7.32. The summed E-state index contributed by atoms with van der Waals surface area (Å²) in [6.45, 7) is 5.82. The van der Waals surface area contributed by atoms with E-state index < -0.39 is 0 Å². The third-order valence-electron chi connectivity index (χ3n) is 5.81. The molecule has 1 amide bonds. The van der Waals surface area contributed by atoms with Crippen molar-refractivity contribution in [2.75, 3.05) is 31.1 Å². The largest absolute Gasteiger partial charge is 0.355 e. The summed E-state index contributed by atoms with van der Waals surface area (Å²) in [6.07, 6.45) is 4.61. The summed E-state index contributed by atoms with van der Waals surface area (Å²) in [5.41, 5.74) is 2.20. The number of aromatic nitrogens is 2. The zero-order valence-electron chi connectivity index (χ0n) is 14.6. The maximum atomic E-state index is 12.5. The van der Waals surface area contributed by atoms with Gasteiger partial charge < -0.3 is 9.80 Å². The van der Waals surface area contributed by atoms with Crippen LogP contribution in [0.25, 0.3) is 0 Å². The Morgan fingerprint density at radius 1 is 1.04 bits per heavy atom. The Kier molecular flexibility index (Phi) is 4.46. The van der Waals surface area contributed by atoms with Gasteiger partial charge in [-0.1, -0.05) is 0 Å². The Bertz CT molecular complexity index is 710. The van der Waals surface area contributed by atoms with Gasteiger partial charge in [-0.05, 0) is 61.6 Å². The first-order valence-electron chi connectivity index (χ1n) is 9.02. The fraction of sp³-hybridized carbons (Fsp3) is 0.526. The molecule has 2 aromatic rings. The van der Waals surface area contributed by atoms with Crippen LogP contribution in [0, 0.1) is 12.3 Å². The first-order valence-corrected chi connectivity index (χ1v) is 9.96. The lowest BCUT2D eigenvalue weighted by molar-refractivity contribution is 0.0515. The quantitative estimate of drug-likeness (QED) is 0.828. The van der Waals surface area contributed by atoms with E-state index in [2.05, 4.69) is 21.2 Å². The predicted octanol–water partition coefficient (Wildman–Crippen LogP) is 3.37. The van der Waals surface area contributed by atoms with E-state index in [0.717, 1.165) is 56.1 Å². The van der Waals surface area contributed by atoms with E-state index in [-0.39, 0.29) is 5.91 Å². The molecule has 2 aromatic heterocycles. The van der Waals surface area contributed by atoms with Crippen molar-refractivity contribution in [3.05, 3.63) is 40.2 Å². The maximum absolute atomic E-state index is 12.5. The van der Waals surface area contributed by atoms with Crippen LogP contribution in [-0.4, -0.2) is 47.2 Å². The Morgan fingerprint density at radius 2 is 1.76 bits per heavy atom. The molecule has 2 aliphatic rings. The molecule has 2 fully saturated rings. The zero-order chi connectivity index (χ0) is 17.3. The average molecular weight is 356 g/mol. The first kappa shape index (κ1) is 16.5. The molecule has 0 bridgehead atoms. The van der Waals surface area contributed by atoms with Crippen molar-refractivity contribution < 1.29 is 4.79 Å². The highest BCUT2D eigenvalue weighted by atomic mass is 32.1. The number of nitrogens with zero attached hydrogens (tertiary/aromatic N) is 4. The topological polar surface area (TPSA) is 49.3 Å². The summed E-state index contributed by atoms with van der Waals surface area (Å²) in [6, 6.07) is 6.03. The number of amides is 1. The normalized spacial score (nSPS) is 20.0. The number of likely N-dealkylation sites (tertiary alicyclic amines) is 1. The van der Waals surface area contributed by atoms with Crippen molar-refractivity contribution >= 4 is 23.1 Å². The molecule has 0 atom stereocenters. The lowest BCUT2D eigenvalue weighted by Gasteiger charge is -2.47. The lowest BCUT2D eigenvalue weighted by Crippen LogP contribution is -2.48. The number of anilines is 1. The van der Waals surface area contributed by atoms with E-state index >= 15 is 0 Å². The molecule has 0 unspecified atom stereocenters. The van der Waals surface area contributed by atoms with E-state index in [1.807, 2.05) is 34.7 Å². The second kappa shape index (κ2) is 6.75. The van der Waals surface area contributed by atoms with Crippen molar-refractivity contribution in [2.24, 2.45) is 5.41 Å². The van der Waals surface area contributed by atoms with Gasteiger partial charge in [-0.2, -0.15) is 16.4 Å². The molecule has 0 saturated carbocycles. The smallest absolute Gasteiger partial charge is 0.254 e. The molecule has 132 valence electrons. The minimum atomic E-state index is 0.198. The summed E-state index contributed by atoms with van der Waals surface area (Å²) < 4.78 is 0. The van der Waals surface area contributed by atoms with Crippen LogP contribution in [0.15, 0.2) is 29.0 Å². The van der Waals surface area contributed by atoms with Crippen molar-refractivity contribution in [1.82, 2.24) is 15.1 Å². The van der Waals surface area contributed by atoms with Crippen LogP contribution in [-0.2, 0) is 0 Å². The molecule has 5 nitrogen and oxygen atoms in total. The van der Waals surface area contributed by atoms with Crippen LogP contribution in [0.5, 0.6) is 0 Å². The van der Waals surface area contributed by atoms with Crippen molar-refractivity contribution in [2.45, 2.75) is 32.6 Å². The molecule has 0 aliphatic carbocycles. The van der Waals surface area contributed by atoms with E-state index in [1.54, 1.807) is 11.3 Å². The fourth-order valence-corrected chi connectivity index (χ4v) is 4.65. The van der Waals surface area contributed by atoms with Gasteiger partial charge in [-0.3, -0.25) is 4.79 Å². The Balaban J connectivity index is 1.33. The van der Waals surface area contributed by atoms with Crippen molar-refractivity contribution in [1.29, 1.82) is 0 Å². The van der Waals surface area contributed by atoms with Gasteiger partial charge in [-0.15, -0.1) is 5.10 Å². The summed E-state index contributed by atoms with van der Waals surface area (Å²) in [5.74, 6) is 1.19. The molecule has 25 heavy (non-hydrogen) atoms. The van der Waals surface area contributed by atoms with Gasteiger partial charge in [0.15, 0.2) is 5.82 Å². The molecule has 2 aliphatic heterocycles. The van der Waals surface area contributed by atoms with Crippen LogP contribution in [0.1, 0.15) is 41.7 Å². The highest BCUT2D eigenvalue weighted by Crippen LogP contribution is 2.42. The van der Waals surface area contributed by atoms with Crippen LogP contribution in [0.3, 0.4) is 0 Å². The van der Waals surface area contributed by atoms with E-state index in [0.29, 0.717) is 5.41 Å². The lowest BCUT2D eigenvalue weighted by atomic mass is 9.71. The van der Waals surface area contributed by atoms with E-state index in [9.17, 15) is 4.79 Å². The Labute approximate surface area is 152 Å². The van der Waals surface area contributed by atoms with Crippen LogP contribution >= 0.6 is 11.3 Å². The van der Waals surface area contributed by atoms with Crippen LogP contribution in [0.4, 0.5) is 5.82 Å². The monoisotopic (exact) mass is 356 g/mol. The van der Waals surface area contributed by atoms with Gasteiger partial charge in [0.2, 0.25) is 0 Å². The summed E-state index contributed by atoms with van der Waals surface area (Å²) in [5, 5.41) is 12.4. The van der Waals surface area contributed by atoms with Gasteiger partial charge in [0.25, 0.3) is 5.91 Å². The number of hydrogen-bond donors (Lipinski definition) is 0. The number of piperidine rings is 2. The molecule has 6 heteroatoms. The van der Waals surface area contributed by atoms with Crippen LogP contribution < -0.4 is 4.90 Å². The number of rotatable bonds is 2. The van der Waals surface area contributed by atoms with E-state index in [4.69, 9.17) is 0 Å². The van der Waals surface area contributed by atoms with E-state index in [1.165, 1.54) is 12.8 Å². The molecule has 0 radical (unpaired) electrons. The third-order valence-corrected chi connectivity index (χ3v) is 6.49. The number of carbonyl (C=O) groups excluding carboxylic acids is 1. The molecular weight excluding hydrogens is 332 g/mol. The fourth-order valence-electron chi connectivity index (χ4n) is 4.02. The van der Waals surface area contributed by atoms with Crippen LogP contribution in [0.2, 0.25) is 0 Å². The van der Waals surface area contributed by atoms with Gasteiger partial charge in [-0.25, -0.2) is 0 Å². The summed E-state index contributed by atoms with van der Waals surface area (Å²) >= 11 is 1.59. The molecule has 4 rings (SSSR count). The van der Waals surface area contributed by atoms with Gasteiger partial charge in [0.1, 0.15) is 0 Å². The highest BCUT2D eigenvalue weighted by molar-refractivity contribution is 7.08. The summed E-state index contributed by atoms with van der Waals surface area (Å²) in [4.78, 5) is 16.9. The van der Waals surface area contributed by atoms with Gasteiger partial charge in [0, 0.05) is 31.6 Å². The number of thiophene rings is 1. The molecular formula is C19H24N4OS. The van der Waals surface area contributed by atoms with Gasteiger partial charge >= 0.3 is 0 Å². The third kappa shape index (κ3) is 3.40. The van der Waals surface area contributed by atoms with Crippen molar-refractivity contribution in [3.8, 4) is 0 Å². The Morgan fingerprint density at radius 3 is 2.36 bits per heavy atom. The molecule has 0 aromatic carbocycles. The minimum Gasteiger partial charge on any atom is -0.355 e. The predicted molar refractivity (Wildman–Crippen MR) is 100 cm³/mol. The standard InChI is InChI=1S/C19H24N4OS/c1-15-2-3-17(21-20-15)22-9-5-19(6-10-22)7-11-23(12-8-19)18(24)16-4-13-25-14-16/h2-4,13-14H,5-12H2,1H3. The molecule has 1 spiro atoms. The summed E-state index contributed by atoms with van der Waals surface area (Å²) in [7, 11) is 0. The number of hydrogen-bond acceptors (Lipinski definition) is 5. The highest BCUT2D eigenvalue weighted by Gasteiger charge is 2.38. The average Bonchev–Trinajstić information content (AvgIpc) is 3.18. The second-order valence-corrected chi connectivity index (χ2v) is 8.10. The molecule has 4 heterocycles.